The van der Waals surface area contributed by atoms with Gasteiger partial charge in [-0.05, 0) is 89.4 Å². The van der Waals surface area contributed by atoms with Crippen molar-refractivity contribution >= 4 is 6.29 Å². The van der Waals surface area contributed by atoms with Crippen molar-refractivity contribution in [2.24, 2.45) is 0 Å². The number of nitrogens with zero attached hydrogens (tertiary/aromatic N) is 3. The molecule has 2 saturated heterocycles. The third-order valence-electron chi connectivity index (χ3n) is 6.38. The van der Waals surface area contributed by atoms with Gasteiger partial charge in [0.15, 0.2) is 0 Å². The normalized spacial score (nSPS) is 16.4. The van der Waals surface area contributed by atoms with Crippen molar-refractivity contribution in [3.63, 3.8) is 0 Å². The summed E-state index contributed by atoms with van der Waals surface area (Å²) in [6, 6.07) is 15.2. The minimum atomic E-state index is 0.652. The molecule has 2 aliphatic heterocycles. The van der Waals surface area contributed by atoms with Crippen LogP contribution in [-0.2, 0) is 6.54 Å². The lowest BCUT2D eigenvalue weighted by molar-refractivity contribution is 0.112. The van der Waals surface area contributed by atoms with Crippen molar-refractivity contribution < 1.29 is 9.90 Å². The number of rotatable bonds is 3. The van der Waals surface area contributed by atoms with Gasteiger partial charge in [0, 0.05) is 43.4 Å². The first-order valence-corrected chi connectivity index (χ1v) is 13.2. The van der Waals surface area contributed by atoms with Gasteiger partial charge in [-0.15, -0.1) is 12.8 Å². The highest BCUT2D eigenvalue weighted by molar-refractivity contribution is 5.74. The number of hydrogen-bond donors (Lipinski definition) is 1. The Morgan fingerprint density at radius 1 is 0.703 bits per heavy atom. The van der Waals surface area contributed by atoms with Gasteiger partial charge in [0.25, 0.3) is 0 Å². The van der Waals surface area contributed by atoms with Crippen molar-refractivity contribution in [3.8, 4) is 24.7 Å². The molecule has 5 heteroatoms. The number of benzene rings is 2. The van der Waals surface area contributed by atoms with Crippen molar-refractivity contribution in [1.29, 1.82) is 0 Å². The fraction of sp³-hybridized carbons (Fsp3) is 0.469. The Kier molecular flexibility index (Phi) is 17.5. The fourth-order valence-electron chi connectivity index (χ4n) is 4.11. The Hall–Kier alpha value is -2.93. The maximum absolute atomic E-state index is 10.2. The molecule has 2 fully saturated rings. The summed E-state index contributed by atoms with van der Waals surface area (Å²) in [7, 11) is 5.41. The molecule has 37 heavy (non-hydrogen) atoms. The van der Waals surface area contributed by atoms with Crippen LogP contribution >= 0.6 is 0 Å². The topological polar surface area (TPSA) is 47.0 Å². The lowest BCUT2D eigenvalue weighted by Crippen LogP contribution is -2.28. The maximum atomic E-state index is 10.2. The van der Waals surface area contributed by atoms with Crippen LogP contribution in [-0.4, -0.2) is 86.6 Å². The molecule has 5 nitrogen and oxygen atoms in total. The zero-order valence-corrected chi connectivity index (χ0v) is 23.0. The van der Waals surface area contributed by atoms with Crippen molar-refractivity contribution in [1.82, 2.24) is 14.7 Å². The van der Waals surface area contributed by atoms with Crippen LogP contribution in [0.3, 0.4) is 0 Å². The summed E-state index contributed by atoms with van der Waals surface area (Å²) in [4.78, 5) is 17.5. The van der Waals surface area contributed by atoms with Gasteiger partial charge in [-0.3, -0.25) is 9.69 Å². The number of carbonyl (C=O) groups excluding carboxylic acids is 1. The lowest BCUT2D eigenvalue weighted by Gasteiger charge is -2.20. The average molecular weight is 504 g/mol. The molecule has 0 spiro atoms. The molecule has 0 saturated carbocycles. The minimum absolute atomic E-state index is 0.652. The second-order valence-corrected chi connectivity index (χ2v) is 9.38. The van der Waals surface area contributed by atoms with E-state index in [1.54, 1.807) is 24.3 Å². The molecule has 0 amide bonds. The van der Waals surface area contributed by atoms with Crippen molar-refractivity contribution in [2.75, 3.05) is 60.5 Å². The van der Waals surface area contributed by atoms with Gasteiger partial charge in [0.05, 0.1) is 0 Å². The van der Waals surface area contributed by atoms with Gasteiger partial charge < -0.3 is 14.9 Å². The molecule has 0 aromatic heterocycles. The van der Waals surface area contributed by atoms with Gasteiger partial charge >= 0.3 is 0 Å². The van der Waals surface area contributed by atoms with Gasteiger partial charge in [-0.25, -0.2) is 0 Å². The molecule has 2 aromatic rings. The van der Waals surface area contributed by atoms with E-state index in [1.165, 1.54) is 70.4 Å². The fourth-order valence-corrected chi connectivity index (χ4v) is 4.11. The van der Waals surface area contributed by atoms with E-state index in [2.05, 4.69) is 52.8 Å². The molecular weight excluding hydrogens is 458 g/mol. The number of likely N-dealkylation sites (tertiary alicyclic amines) is 1. The van der Waals surface area contributed by atoms with E-state index < -0.39 is 0 Å². The molecule has 2 aromatic carbocycles. The van der Waals surface area contributed by atoms with Crippen LogP contribution in [0.1, 0.15) is 59.2 Å². The van der Waals surface area contributed by atoms with Crippen LogP contribution in [0.5, 0.6) is 0 Å². The molecule has 0 atom stereocenters. The predicted molar refractivity (Wildman–Crippen MR) is 156 cm³/mol. The van der Waals surface area contributed by atoms with Crippen LogP contribution in [0.2, 0.25) is 0 Å². The third kappa shape index (κ3) is 14.4. The van der Waals surface area contributed by atoms with E-state index in [9.17, 15) is 4.79 Å². The number of aliphatic hydroxyl groups is 1. The first-order chi connectivity index (χ1) is 18.0. The quantitative estimate of drug-likeness (QED) is 0.497. The zero-order chi connectivity index (χ0) is 27.3. The first kappa shape index (κ1) is 32.1. The van der Waals surface area contributed by atoms with Crippen LogP contribution in [0.4, 0.5) is 0 Å². The summed E-state index contributed by atoms with van der Waals surface area (Å²) in [5.74, 6) is 5.12. The number of aliphatic hydroxyl groups excluding tert-OH is 1. The molecule has 0 aliphatic carbocycles. The largest absolute Gasteiger partial charge is 0.400 e. The van der Waals surface area contributed by atoms with E-state index in [1.807, 2.05) is 12.1 Å². The minimum Gasteiger partial charge on any atom is -0.400 e. The molecular formula is C32H45N3O2. The molecule has 1 N–H and O–H groups in total. The Balaban J connectivity index is 0.000000291. The second kappa shape index (κ2) is 20.2. The molecule has 0 unspecified atom stereocenters. The first-order valence-electron chi connectivity index (χ1n) is 13.2. The summed E-state index contributed by atoms with van der Waals surface area (Å²) in [6.45, 7) is 8.42. The number of hydrogen-bond acceptors (Lipinski definition) is 5. The van der Waals surface area contributed by atoms with E-state index in [0.29, 0.717) is 5.56 Å². The standard InChI is InChI=1S/C15H20N2.C9H6O.C7H15N.CH4O/c1-3-14-5-7-15(8-6-14)13-17-10-4-9-16(2)11-12-17;1-2-8-3-5-9(7-10)6-4-8;1-8-6-4-2-3-5-7-8;1-2/h1,5-8H,4,9-13H2,2H3;1,3-7H;2-7H2,1H3;2H,1H3. The molecule has 4 rings (SSSR count). The van der Waals surface area contributed by atoms with Gasteiger partial charge in [-0.1, -0.05) is 48.9 Å². The molecule has 2 aliphatic rings. The van der Waals surface area contributed by atoms with Crippen molar-refractivity contribution in [3.05, 3.63) is 70.8 Å². The van der Waals surface area contributed by atoms with Gasteiger partial charge in [0.1, 0.15) is 6.29 Å². The third-order valence-corrected chi connectivity index (χ3v) is 6.38. The van der Waals surface area contributed by atoms with E-state index >= 15 is 0 Å². The van der Waals surface area contributed by atoms with Crippen LogP contribution in [0.15, 0.2) is 48.5 Å². The molecule has 0 bridgehead atoms. The lowest BCUT2D eigenvalue weighted by atomic mass is 10.1. The molecule has 200 valence electrons. The summed E-state index contributed by atoms with van der Waals surface area (Å²) in [5.41, 5.74) is 3.77. The van der Waals surface area contributed by atoms with Gasteiger partial charge in [-0.2, -0.15) is 0 Å². The highest BCUT2D eigenvalue weighted by Gasteiger charge is 2.11. The zero-order valence-electron chi connectivity index (χ0n) is 23.0. The van der Waals surface area contributed by atoms with E-state index in [0.717, 1.165) is 37.6 Å². The Bertz CT molecular complexity index is 934. The Labute approximate surface area is 225 Å². The van der Waals surface area contributed by atoms with Crippen molar-refractivity contribution in [2.45, 2.75) is 38.6 Å². The molecule has 0 radical (unpaired) electrons. The number of aldehydes is 1. The second-order valence-electron chi connectivity index (χ2n) is 9.38. The van der Waals surface area contributed by atoms with Crippen LogP contribution in [0, 0.1) is 24.7 Å². The van der Waals surface area contributed by atoms with E-state index in [-0.39, 0.29) is 0 Å². The SMILES string of the molecule is C#Cc1ccc(C=O)cc1.C#Cc1ccc(CN2CCCN(C)CC2)cc1.CN1CCCCCC1.CO. The summed E-state index contributed by atoms with van der Waals surface area (Å²) in [6.07, 6.45) is 18.2. The smallest absolute Gasteiger partial charge is 0.150 e. The highest BCUT2D eigenvalue weighted by atomic mass is 16.2. The number of likely N-dealkylation sites (N-methyl/N-ethyl adjacent to an activating group) is 1. The predicted octanol–water partition coefficient (Wildman–Crippen LogP) is 4.39. The summed E-state index contributed by atoms with van der Waals surface area (Å²) >= 11 is 0. The van der Waals surface area contributed by atoms with Crippen LogP contribution in [0.25, 0.3) is 0 Å². The van der Waals surface area contributed by atoms with E-state index in [4.69, 9.17) is 18.0 Å². The summed E-state index contributed by atoms with van der Waals surface area (Å²) < 4.78 is 0. The Morgan fingerprint density at radius 3 is 1.70 bits per heavy atom. The summed E-state index contributed by atoms with van der Waals surface area (Å²) in [5, 5.41) is 7.00. The molecule has 2 heterocycles. The maximum Gasteiger partial charge on any atom is 0.150 e. The Morgan fingerprint density at radius 2 is 1.19 bits per heavy atom. The highest BCUT2D eigenvalue weighted by Crippen LogP contribution is 2.10. The monoisotopic (exact) mass is 503 g/mol. The number of carbonyl (C=O) groups is 1. The number of terminal acetylenes is 2. The van der Waals surface area contributed by atoms with Crippen LogP contribution < -0.4 is 0 Å². The average Bonchev–Trinajstić information content (AvgIpc) is 3.32. The van der Waals surface area contributed by atoms with Gasteiger partial charge in [0.2, 0.25) is 0 Å².